The van der Waals surface area contributed by atoms with Crippen molar-refractivity contribution in [3.05, 3.63) is 59.9 Å². The highest BCUT2D eigenvalue weighted by molar-refractivity contribution is 5.95. The Bertz CT molecular complexity index is 931. The first-order valence-electron chi connectivity index (χ1n) is 7.84. The van der Waals surface area contributed by atoms with Crippen molar-refractivity contribution in [3.63, 3.8) is 0 Å². The van der Waals surface area contributed by atoms with Gasteiger partial charge < -0.3 is 9.47 Å². The zero-order valence-electron chi connectivity index (χ0n) is 14.2. The number of hydrogen-bond acceptors (Lipinski definition) is 5. The molecule has 3 rings (SSSR count). The van der Waals surface area contributed by atoms with E-state index in [1.165, 1.54) is 14.0 Å². The zero-order valence-corrected chi connectivity index (χ0v) is 14.2. The summed E-state index contributed by atoms with van der Waals surface area (Å²) in [6, 6.07) is 15.0. The van der Waals surface area contributed by atoms with Gasteiger partial charge in [0.05, 0.1) is 23.7 Å². The highest BCUT2D eigenvalue weighted by Crippen LogP contribution is 2.22. The minimum atomic E-state index is -0.961. The van der Waals surface area contributed by atoms with Gasteiger partial charge in [-0.3, -0.25) is 4.57 Å². The molecule has 0 aliphatic heterocycles. The van der Waals surface area contributed by atoms with Crippen molar-refractivity contribution in [1.29, 1.82) is 0 Å². The number of ether oxygens (including phenoxy) is 2. The number of hydrogen-bond donors (Lipinski definition) is 0. The van der Waals surface area contributed by atoms with Crippen molar-refractivity contribution < 1.29 is 19.1 Å². The number of esters is 2. The molecule has 1 unspecified atom stereocenters. The van der Waals surface area contributed by atoms with Crippen LogP contribution < -0.4 is 0 Å². The summed E-state index contributed by atoms with van der Waals surface area (Å²) in [4.78, 5) is 28.1. The molecule has 0 amide bonds. The summed E-state index contributed by atoms with van der Waals surface area (Å²) in [6.45, 7) is 3.38. The molecule has 0 fully saturated rings. The maximum absolute atomic E-state index is 12.2. The van der Waals surface area contributed by atoms with E-state index in [2.05, 4.69) is 9.72 Å². The van der Waals surface area contributed by atoms with E-state index in [1.807, 2.05) is 47.9 Å². The third-order valence-electron chi connectivity index (χ3n) is 3.89. The molecule has 6 nitrogen and oxygen atoms in total. The Hall–Kier alpha value is -3.15. The average molecular weight is 338 g/mol. The highest BCUT2D eigenvalue weighted by atomic mass is 16.6. The Labute approximate surface area is 145 Å². The van der Waals surface area contributed by atoms with Crippen molar-refractivity contribution in [3.8, 4) is 5.69 Å². The number of para-hydroxylation sites is 1. The number of fused-ring (bicyclic) bond motifs is 1. The number of rotatable bonds is 4. The van der Waals surface area contributed by atoms with E-state index < -0.39 is 18.0 Å². The number of aryl methyl sites for hydroxylation is 1. The molecule has 6 heteroatoms. The summed E-state index contributed by atoms with van der Waals surface area (Å²) >= 11 is 0. The minimum absolute atomic E-state index is 0.334. The summed E-state index contributed by atoms with van der Waals surface area (Å²) in [7, 11) is 1.25. The van der Waals surface area contributed by atoms with Crippen molar-refractivity contribution in [2.45, 2.75) is 20.0 Å². The van der Waals surface area contributed by atoms with Crippen LogP contribution in [0.5, 0.6) is 0 Å². The van der Waals surface area contributed by atoms with E-state index in [0.29, 0.717) is 11.1 Å². The lowest BCUT2D eigenvalue weighted by atomic mass is 10.2. The molecule has 0 bridgehead atoms. The van der Waals surface area contributed by atoms with Crippen LogP contribution in [0, 0.1) is 6.92 Å². The van der Waals surface area contributed by atoms with Gasteiger partial charge in [0.1, 0.15) is 5.82 Å². The van der Waals surface area contributed by atoms with Gasteiger partial charge in [0.25, 0.3) is 0 Å². The second kappa shape index (κ2) is 6.76. The zero-order chi connectivity index (χ0) is 18.0. The molecule has 1 aromatic heterocycles. The third kappa shape index (κ3) is 3.24. The lowest BCUT2D eigenvalue weighted by Gasteiger charge is -2.11. The molecule has 0 aliphatic carbocycles. The molecule has 3 aromatic rings. The SMILES string of the molecule is COC(=O)C(C)OC(=O)c1ccc2c(c1)nc(C)n2-c1ccccc1. The molecule has 0 N–H and O–H groups in total. The first-order valence-corrected chi connectivity index (χ1v) is 7.84. The molecular formula is C19H18N2O4. The fourth-order valence-corrected chi connectivity index (χ4v) is 2.67. The Balaban J connectivity index is 1.94. The number of imidazole rings is 1. The van der Waals surface area contributed by atoms with Crippen LogP contribution in [0.4, 0.5) is 0 Å². The molecule has 128 valence electrons. The van der Waals surface area contributed by atoms with E-state index in [0.717, 1.165) is 17.0 Å². The topological polar surface area (TPSA) is 70.4 Å². The van der Waals surface area contributed by atoms with Gasteiger partial charge in [-0.05, 0) is 44.2 Å². The van der Waals surface area contributed by atoms with Crippen LogP contribution in [-0.4, -0.2) is 34.7 Å². The summed E-state index contributed by atoms with van der Waals surface area (Å²) in [5.41, 5.74) is 2.90. The molecular weight excluding hydrogens is 320 g/mol. The van der Waals surface area contributed by atoms with Crippen LogP contribution in [0.3, 0.4) is 0 Å². The second-order valence-corrected chi connectivity index (χ2v) is 5.60. The summed E-state index contributed by atoms with van der Waals surface area (Å²) in [6.07, 6.45) is -0.961. The van der Waals surface area contributed by atoms with E-state index in [1.54, 1.807) is 12.1 Å². The summed E-state index contributed by atoms with van der Waals surface area (Å²) in [5, 5.41) is 0. The van der Waals surface area contributed by atoms with Crippen molar-refractivity contribution in [2.24, 2.45) is 0 Å². The quantitative estimate of drug-likeness (QED) is 0.684. The first-order chi connectivity index (χ1) is 12.0. The van der Waals surface area contributed by atoms with Crippen molar-refractivity contribution in [2.75, 3.05) is 7.11 Å². The lowest BCUT2D eigenvalue weighted by molar-refractivity contribution is -0.149. The maximum atomic E-state index is 12.2. The number of nitrogens with zero attached hydrogens (tertiary/aromatic N) is 2. The van der Waals surface area contributed by atoms with Gasteiger partial charge >= 0.3 is 11.9 Å². The van der Waals surface area contributed by atoms with Crippen LogP contribution in [-0.2, 0) is 14.3 Å². The molecule has 25 heavy (non-hydrogen) atoms. The Morgan fingerprint density at radius 3 is 2.52 bits per heavy atom. The van der Waals surface area contributed by atoms with Gasteiger partial charge in [-0.15, -0.1) is 0 Å². The van der Waals surface area contributed by atoms with Crippen LogP contribution in [0.25, 0.3) is 16.7 Å². The van der Waals surface area contributed by atoms with Gasteiger partial charge in [-0.2, -0.15) is 0 Å². The molecule has 2 aromatic carbocycles. The molecule has 1 atom stereocenters. The minimum Gasteiger partial charge on any atom is -0.466 e. The number of aromatic nitrogens is 2. The van der Waals surface area contributed by atoms with Crippen LogP contribution in [0.2, 0.25) is 0 Å². The number of carbonyl (C=O) groups is 2. The van der Waals surface area contributed by atoms with Gasteiger partial charge in [0, 0.05) is 5.69 Å². The van der Waals surface area contributed by atoms with E-state index >= 15 is 0 Å². The summed E-state index contributed by atoms with van der Waals surface area (Å²) < 4.78 is 11.7. The first kappa shape index (κ1) is 16.7. The van der Waals surface area contributed by atoms with Gasteiger partial charge in [0.15, 0.2) is 6.10 Å². The predicted molar refractivity (Wildman–Crippen MR) is 92.7 cm³/mol. The smallest absolute Gasteiger partial charge is 0.346 e. The molecule has 0 aliphatic rings. The monoisotopic (exact) mass is 338 g/mol. The van der Waals surface area contributed by atoms with Gasteiger partial charge in [0.2, 0.25) is 0 Å². The van der Waals surface area contributed by atoms with Crippen molar-refractivity contribution in [1.82, 2.24) is 9.55 Å². The molecule has 0 radical (unpaired) electrons. The van der Waals surface area contributed by atoms with Gasteiger partial charge in [-0.25, -0.2) is 14.6 Å². The number of methoxy groups -OCH3 is 1. The van der Waals surface area contributed by atoms with Gasteiger partial charge in [-0.1, -0.05) is 18.2 Å². The Morgan fingerprint density at radius 1 is 1.12 bits per heavy atom. The van der Waals surface area contributed by atoms with E-state index in [-0.39, 0.29) is 0 Å². The van der Waals surface area contributed by atoms with Crippen LogP contribution in [0.15, 0.2) is 48.5 Å². The van der Waals surface area contributed by atoms with Crippen molar-refractivity contribution >= 4 is 23.0 Å². The van der Waals surface area contributed by atoms with Crippen LogP contribution >= 0.6 is 0 Å². The standard InChI is InChI=1S/C19H18N2O4/c1-12(18(22)24-3)25-19(23)14-9-10-17-16(11-14)20-13(2)21(17)15-7-5-4-6-8-15/h4-12H,1-3H3. The molecule has 0 saturated carbocycles. The Kier molecular flexibility index (Phi) is 4.52. The molecule has 1 heterocycles. The lowest BCUT2D eigenvalue weighted by Crippen LogP contribution is -2.25. The number of carbonyl (C=O) groups excluding carboxylic acids is 2. The fourth-order valence-electron chi connectivity index (χ4n) is 2.67. The largest absolute Gasteiger partial charge is 0.466 e. The highest BCUT2D eigenvalue weighted by Gasteiger charge is 2.20. The van der Waals surface area contributed by atoms with E-state index in [4.69, 9.17) is 4.74 Å². The molecule has 0 saturated heterocycles. The Morgan fingerprint density at radius 2 is 1.84 bits per heavy atom. The van der Waals surface area contributed by atoms with E-state index in [9.17, 15) is 9.59 Å². The molecule has 0 spiro atoms. The second-order valence-electron chi connectivity index (χ2n) is 5.60. The third-order valence-corrected chi connectivity index (χ3v) is 3.89. The van der Waals surface area contributed by atoms with Crippen LogP contribution in [0.1, 0.15) is 23.1 Å². The normalized spacial score (nSPS) is 12.0. The maximum Gasteiger partial charge on any atom is 0.346 e. The summed E-state index contributed by atoms with van der Waals surface area (Å²) in [5.74, 6) is -0.375. The fraction of sp³-hybridized carbons (Fsp3) is 0.211. The predicted octanol–water partition coefficient (Wildman–Crippen LogP) is 3.05. The average Bonchev–Trinajstić information content (AvgIpc) is 2.96. The number of benzene rings is 2.